The number of nitrogens with two attached hydrogens (primary N) is 1. The molecule has 296 valence electrons. The molecule has 56 heavy (non-hydrogen) atoms. The van der Waals surface area contributed by atoms with Gasteiger partial charge in [0.2, 0.25) is 10.0 Å². The molecule has 0 saturated carbocycles. The molecule has 0 radical (unpaired) electrons. The van der Waals surface area contributed by atoms with Crippen LogP contribution in [0.15, 0.2) is 77.7 Å². The van der Waals surface area contributed by atoms with Gasteiger partial charge in [-0.25, -0.2) is 17.6 Å². The molecule has 1 aliphatic rings. The lowest BCUT2D eigenvalue weighted by Crippen LogP contribution is -2.70. The van der Waals surface area contributed by atoms with E-state index in [0.717, 1.165) is 32.9 Å². The van der Waals surface area contributed by atoms with E-state index in [1.165, 1.54) is 28.6 Å². The first-order valence-electron chi connectivity index (χ1n) is 18.5. The first-order valence-corrected chi connectivity index (χ1v) is 20.3. The summed E-state index contributed by atoms with van der Waals surface area (Å²) in [6, 6.07) is 20.1. The van der Waals surface area contributed by atoms with Crippen molar-refractivity contribution < 1.29 is 38.0 Å². The fourth-order valence-electron chi connectivity index (χ4n) is 7.81. The van der Waals surface area contributed by atoms with Gasteiger partial charge in [-0.2, -0.15) is 9.40 Å². The number of aromatic nitrogens is 3. The molecular formula is C41H45ClFN5O7S. The van der Waals surface area contributed by atoms with Gasteiger partial charge in [-0.05, 0) is 86.4 Å². The number of benzene rings is 4. The smallest absolute Gasteiger partial charge is 0.355 e. The van der Waals surface area contributed by atoms with E-state index in [4.69, 9.17) is 26.2 Å². The Labute approximate surface area is 329 Å². The standard InChI is InChI=1S/C41H43ClFN5O6S.H2O/c1-4-34-38-33(44-46(34)3)25-47(55(51,52)36-16-7-6-14-32(36)45-50)21-8-9-22-48-39-30(19-20-31(42)37(38)39)29(40(48)41(49)53-5-2)13-11-23-54-35-15-10-12-26-24-27(43)17-18-28(26)35;/h6-7,10,12,14-20,24H,4-5,8-9,11,13,21-23,25,45H2,1-3H3;1H2. The van der Waals surface area contributed by atoms with Crippen molar-refractivity contribution in [2.24, 2.45) is 7.05 Å². The number of quaternary nitrogens is 1. The van der Waals surface area contributed by atoms with Crippen LogP contribution in [0.3, 0.4) is 0 Å². The van der Waals surface area contributed by atoms with E-state index in [0.29, 0.717) is 84.0 Å². The number of fused-ring (bicyclic) bond motifs is 3. The van der Waals surface area contributed by atoms with E-state index in [1.54, 1.807) is 29.8 Å². The topological polar surface area (TPSA) is 167 Å². The highest BCUT2D eigenvalue weighted by atomic mass is 35.5. The quantitative estimate of drug-likeness (QED) is 0.0667. The number of ether oxygens (including phenoxy) is 2. The minimum absolute atomic E-state index is 0. The summed E-state index contributed by atoms with van der Waals surface area (Å²) in [5.74, 6) is -0.124. The average Bonchev–Trinajstić information content (AvgIpc) is 3.65. The Morgan fingerprint density at radius 2 is 1.77 bits per heavy atom. The van der Waals surface area contributed by atoms with Crippen molar-refractivity contribution in [2.45, 2.75) is 63.9 Å². The van der Waals surface area contributed by atoms with Crippen LogP contribution >= 0.6 is 11.6 Å². The van der Waals surface area contributed by atoms with Crippen LogP contribution in [0.2, 0.25) is 5.02 Å². The summed E-state index contributed by atoms with van der Waals surface area (Å²) in [6.07, 6.45) is 2.61. The Balaban J connectivity index is 0.00000532. The SMILES string of the molecule is CCOC(=O)c1c(CCCOc2cccc3cc(F)ccc23)c2ccc(Cl)c3c2n1CCCCN(S(=O)(=O)c1ccccc1[NH2+][O-])Cc1nn(C)c(CC)c1-3.O. The molecule has 1 aliphatic heterocycles. The van der Waals surface area contributed by atoms with Gasteiger partial charge in [-0.1, -0.05) is 48.9 Å². The summed E-state index contributed by atoms with van der Waals surface area (Å²) in [5.41, 5.74) is 5.38. The normalized spacial score (nSPS) is 13.6. The fourth-order valence-corrected chi connectivity index (χ4v) is 9.66. The lowest BCUT2D eigenvalue weighted by atomic mass is 9.97. The van der Waals surface area contributed by atoms with E-state index in [1.807, 2.05) is 48.9 Å². The zero-order valence-electron chi connectivity index (χ0n) is 31.5. The van der Waals surface area contributed by atoms with Gasteiger partial charge >= 0.3 is 5.97 Å². The van der Waals surface area contributed by atoms with Crippen LogP contribution in [0.5, 0.6) is 5.75 Å². The Bertz CT molecular complexity index is 2520. The number of halogens is 2. The van der Waals surface area contributed by atoms with E-state index in [2.05, 4.69) is 0 Å². The first-order chi connectivity index (χ1) is 26.6. The summed E-state index contributed by atoms with van der Waals surface area (Å²) >= 11 is 7.17. The molecule has 15 heteroatoms. The lowest BCUT2D eigenvalue weighted by molar-refractivity contribution is -0.499. The van der Waals surface area contributed by atoms with E-state index < -0.39 is 16.0 Å². The van der Waals surface area contributed by atoms with Crippen LogP contribution in [0.4, 0.5) is 10.1 Å². The van der Waals surface area contributed by atoms with E-state index in [-0.39, 0.29) is 41.6 Å². The van der Waals surface area contributed by atoms with Crippen LogP contribution in [-0.4, -0.2) is 58.3 Å². The van der Waals surface area contributed by atoms with Crippen molar-refractivity contribution in [3.63, 3.8) is 0 Å². The average molecular weight is 806 g/mol. The summed E-state index contributed by atoms with van der Waals surface area (Å²) in [6.45, 7) is 4.79. The van der Waals surface area contributed by atoms with Gasteiger partial charge in [0.05, 0.1) is 36.0 Å². The summed E-state index contributed by atoms with van der Waals surface area (Å²) in [7, 11) is -2.30. The highest BCUT2D eigenvalue weighted by Gasteiger charge is 2.34. The minimum atomic E-state index is -4.13. The fraction of sp³-hybridized carbons (Fsp3) is 0.317. The molecular weight excluding hydrogens is 761 g/mol. The molecule has 0 saturated heterocycles. The third-order valence-electron chi connectivity index (χ3n) is 10.2. The van der Waals surface area contributed by atoms with Gasteiger partial charge in [0, 0.05) is 53.8 Å². The van der Waals surface area contributed by atoms with Gasteiger partial charge in [0.1, 0.15) is 27.8 Å². The van der Waals surface area contributed by atoms with Crippen molar-refractivity contribution >= 4 is 55.0 Å². The van der Waals surface area contributed by atoms with E-state index >= 15 is 0 Å². The third-order valence-corrected chi connectivity index (χ3v) is 12.5. The maximum atomic E-state index is 14.3. The zero-order valence-corrected chi connectivity index (χ0v) is 33.1. The molecule has 3 heterocycles. The highest BCUT2D eigenvalue weighted by Crippen LogP contribution is 2.44. The summed E-state index contributed by atoms with van der Waals surface area (Å²) in [4.78, 5) is 13.9. The summed E-state index contributed by atoms with van der Waals surface area (Å²) in [5, 5.41) is 19.7. The van der Waals surface area contributed by atoms with Crippen LogP contribution in [0.1, 0.15) is 60.5 Å². The van der Waals surface area contributed by atoms with Crippen LogP contribution in [-0.2, 0) is 47.7 Å². The highest BCUT2D eigenvalue weighted by molar-refractivity contribution is 7.89. The van der Waals surface area contributed by atoms with Crippen molar-refractivity contribution in [1.29, 1.82) is 0 Å². The second kappa shape index (κ2) is 17.1. The molecule has 0 bridgehead atoms. The molecule has 6 aromatic rings. The molecule has 7 rings (SSSR count). The van der Waals surface area contributed by atoms with Crippen LogP contribution < -0.4 is 10.2 Å². The van der Waals surface area contributed by atoms with Crippen molar-refractivity contribution in [1.82, 2.24) is 18.7 Å². The number of carbonyl (C=O) groups is 1. The van der Waals surface area contributed by atoms with Gasteiger partial charge in [0.25, 0.3) is 0 Å². The second-order valence-corrected chi connectivity index (χ2v) is 15.9. The molecule has 0 fully saturated rings. The minimum Gasteiger partial charge on any atom is -0.630 e. The molecule has 0 unspecified atom stereocenters. The Morgan fingerprint density at radius 3 is 2.54 bits per heavy atom. The number of carbonyl (C=O) groups excluding carboxylic acids is 1. The third kappa shape index (κ3) is 7.52. The predicted molar refractivity (Wildman–Crippen MR) is 214 cm³/mol. The molecule has 0 amide bonds. The molecule has 12 nitrogen and oxygen atoms in total. The molecule has 4 aromatic carbocycles. The summed E-state index contributed by atoms with van der Waals surface area (Å²) < 4.78 is 59.5. The number of esters is 1. The number of nitrogens with zero attached hydrogens (tertiary/aromatic N) is 4. The monoisotopic (exact) mass is 805 g/mol. The maximum absolute atomic E-state index is 14.3. The largest absolute Gasteiger partial charge is 0.630 e. The molecule has 0 aliphatic carbocycles. The first kappa shape index (κ1) is 40.8. The lowest BCUT2D eigenvalue weighted by Gasteiger charge is -2.23. The van der Waals surface area contributed by atoms with Crippen molar-refractivity contribution in [2.75, 3.05) is 19.8 Å². The van der Waals surface area contributed by atoms with Gasteiger partial charge in [0.15, 0.2) is 0 Å². The molecule has 0 spiro atoms. The molecule has 2 aromatic heterocycles. The van der Waals surface area contributed by atoms with Crippen LogP contribution in [0.25, 0.3) is 32.8 Å². The number of hydrogen-bond donors (Lipinski definition) is 1. The van der Waals surface area contributed by atoms with E-state index in [9.17, 15) is 22.8 Å². The number of rotatable bonds is 11. The van der Waals surface area contributed by atoms with Crippen molar-refractivity contribution in [3.8, 4) is 16.9 Å². The van der Waals surface area contributed by atoms with Crippen molar-refractivity contribution in [3.05, 3.63) is 111 Å². The van der Waals surface area contributed by atoms with Gasteiger partial charge in [-0.3, -0.25) is 4.68 Å². The maximum Gasteiger partial charge on any atom is 0.355 e. The van der Waals surface area contributed by atoms with Crippen LogP contribution in [0, 0.1) is 11.0 Å². The molecule has 0 atom stereocenters. The second-order valence-electron chi connectivity index (χ2n) is 13.5. The zero-order chi connectivity index (χ0) is 38.9. The number of sulfonamides is 1. The number of hydrogen-bond acceptors (Lipinski definition) is 7. The van der Waals surface area contributed by atoms with Gasteiger partial charge in [-0.15, -0.1) is 0 Å². The molecule has 4 N–H and O–H groups in total. The Hall–Kier alpha value is -4.83. The number of aryl methyl sites for hydroxylation is 3. The Morgan fingerprint density at radius 1 is 1.00 bits per heavy atom. The Kier molecular flexibility index (Phi) is 12.5. The predicted octanol–water partition coefficient (Wildman–Crippen LogP) is 6.59. The van der Waals surface area contributed by atoms with Gasteiger partial charge < -0.3 is 30.2 Å².